The zero-order valence-electron chi connectivity index (χ0n) is 9.42. The molecule has 0 N–H and O–H groups in total. The van der Waals surface area contributed by atoms with Crippen molar-refractivity contribution in [3.63, 3.8) is 0 Å². The molecule has 1 atom stereocenters. The molecule has 0 spiro atoms. The molecule has 17 heavy (non-hydrogen) atoms. The molecular formula is C14H12O2S. The van der Waals surface area contributed by atoms with Gasteiger partial charge < -0.3 is 0 Å². The first kappa shape index (κ1) is 11.7. The van der Waals surface area contributed by atoms with Gasteiger partial charge in [0, 0.05) is 15.4 Å². The van der Waals surface area contributed by atoms with Crippen molar-refractivity contribution in [1.82, 2.24) is 0 Å². The molecule has 2 nitrogen and oxygen atoms in total. The lowest BCUT2D eigenvalue weighted by molar-refractivity contribution is 0.101. The molecule has 2 aromatic carbocycles. The van der Waals surface area contributed by atoms with Gasteiger partial charge in [-0.15, -0.1) is 0 Å². The van der Waals surface area contributed by atoms with Crippen LogP contribution in [0.2, 0.25) is 0 Å². The van der Waals surface area contributed by atoms with Gasteiger partial charge in [-0.1, -0.05) is 30.3 Å². The van der Waals surface area contributed by atoms with E-state index >= 15 is 0 Å². The van der Waals surface area contributed by atoms with Gasteiger partial charge in [-0.3, -0.25) is 4.79 Å². The summed E-state index contributed by atoms with van der Waals surface area (Å²) in [6.07, 6.45) is 0. The molecule has 0 heterocycles. The van der Waals surface area contributed by atoms with E-state index in [9.17, 15) is 9.00 Å². The topological polar surface area (TPSA) is 34.1 Å². The molecule has 86 valence electrons. The molecule has 0 fully saturated rings. The minimum atomic E-state index is -1.18. The van der Waals surface area contributed by atoms with E-state index in [1.807, 2.05) is 30.3 Å². The fourth-order valence-corrected chi connectivity index (χ4v) is 2.55. The Morgan fingerprint density at radius 3 is 1.94 bits per heavy atom. The van der Waals surface area contributed by atoms with Gasteiger partial charge in [0.25, 0.3) is 0 Å². The van der Waals surface area contributed by atoms with E-state index in [1.165, 1.54) is 6.92 Å². The zero-order valence-corrected chi connectivity index (χ0v) is 10.2. The molecule has 0 unspecified atom stereocenters. The van der Waals surface area contributed by atoms with Crippen molar-refractivity contribution in [2.75, 3.05) is 0 Å². The maximum Gasteiger partial charge on any atom is 0.159 e. The van der Waals surface area contributed by atoms with Gasteiger partial charge in [-0.05, 0) is 31.2 Å². The van der Waals surface area contributed by atoms with Crippen LogP contribution < -0.4 is 0 Å². The van der Waals surface area contributed by atoms with E-state index in [0.29, 0.717) is 10.5 Å². The summed E-state index contributed by atoms with van der Waals surface area (Å²) in [6.45, 7) is 1.52. The van der Waals surface area contributed by atoms with Crippen molar-refractivity contribution in [2.45, 2.75) is 16.7 Å². The smallest absolute Gasteiger partial charge is 0.159 e. The van der Waals surface area contributed by atoms with Crippen LogP contribution in [-0.4, -0.2) is 9.99 Å². The SMILES string of the molecule is CC(=O)c1ccc([S@@](=O)c2ccccc2)cc1. The van der Waals surface area contributed by atoms with Crippen molar-refractivity contribution >= 4 is 16.6 Å². The van der Waals surface area contributed by atoms with Gasteiger partial charge in [0.2, 0.25) is 0 Å². The average molecular weight is 244 g/mol. The highest BCUT2D eigenvalue weighted by molar-refractivity contribution is 7.85. The third-order valence-electron chi connectivity index (χ3n) is 2.43. The van der Waals surface area contributed by atoms with Crippen LogP contribution in [0.5, 0.6) is 0 Å². The predicted molar refractivity (Wildman–Crippen MR) is 67.6 cm³/mol. The molecule has 0 aliphatic carbocycles. The monoisotopic (exact) mass is 244 g/mol. The van der Waals surface area contributed by atoms with Gasteiger partial charge in [0.05, 0.1) is 10.8 Å². The van der Waals surface area contributed by atoms with Crippen molar-refractivity contribution in [3.05, 3.63) is 60.2 Å². The highest BCUT2D eigenvalue weighted by Gasteiger charge is 2.07. The fourth-order valence-electron chi connectivity index (χ4n) is 1.49. The number of hydrogen-bond acceptors (Lipinski definition) is 2. The van der Waals surface area contributed by atoms with Crippen molar-refractivity contribution in [3.8, 4) is 0 Å². The largest absolute Gasteiger partial charge is 0.295 e. The van der Waals surface area contributed by atoms with Crippen molar-refractivity contribution in [1.29, 1.82) is 0 Å². The summed E-state index contributed by atoms with van der Waals surface area (Å²) in [7, 11) is -1.18. The van der Waals surface area contributed by atoms with Gasteiger partial charge in [-0.2, -0.15) is 0 Å². The minimum absolute atomic E-state index is 0.0158. The first-order chi connectivity index (χ1) is 8.18. The Bertz CT molecular complexity index is 544. The van der Waals surface area contributed by atoms with E-state index in [4.69, 9.17) is 0 Å². The first-order valence-electron chi connectivity index (χ1n) is 5.26. The number of carbonyl (C=O) groups excluding carboxylic acids is 1. The zero-order chi connectivity index (χ0) is 12.3. The second-order valence-corrected chi connectivity index (χ2v) is 5.14. The second-order valence-electron chi connectivity index (χ2n) is 3.66. The summed E-state index contributed by atoms with van der Waals surface area (Å²) in [6, 6.07) is 16.1. The normalized spacial score (nSPS) is 12.1. The van der Waals surface area contributed by atoms with Gasteiger partial charge in [0.1, 0.15) is 0 Å². The van der Waals surface area contributed by atoms with Gasteiger partial charge in [-0.25, -0.2) is 4.21 Å². The lowest BCUT2D eigenvalue weighted by Crippen LogP contribution is -1.95. The summed E-state index contributed by atoms with van der Waals surface area (Å²) in [5, 5.41) is 0. The van der Waals surface area contributed by atoms with Crippen LogP contribution in [-0.2, 0) is 10.8 Å². The Labute approximate surface area is 103 Å². The van der Waals surface area contributed by atoms with Crippen molar-refractivity contribution < 1.29 is 9.00 Å². The third kappa shape index (κ3) is 2.68. The quantitative estimate of drug-likeness (QED) is 0.778. The van der Waals surface area contributed by atoms with E-state index in [1.54, 1.807) is 24.3 Å². The van der Waals surface area contributed by atoms with E-state index in [0.717, 1.165) is 4.90 Å². The number of Topliss-reactive ketones (excluding diaryl/α,β-unsaturated/α-hetero) is 1. The molecular weight excluding hydrogens is 232 g/mol. The lowest BCUT2D eigenvalue weighted by Gasteiger charge is -2.02. The fraction of sp³-hybridized carbons (Fsp3) is 0.0714. The van der Waals surface area contributed by atoms with Crippen LogP contribution in [0.1, 0.15) is 17.3 Å². The highest BCUT2D eigenvalue weighted by Crippen LogP contribution is 2.16. The van der Waals surface area contributed by atoms with Gasteiger partial charge in [0.15, 0.2) is 5.78 Å². The van der Waals surface area contributed by atoms with Crippen LogP contribution in [0, 0.1) is 0 Å². The Hall–Kier alpha value is -1.74. The number of hydrogen-bond donors (Lipinski definition) is 0. The average Bonchev–Trinajstić information content (AvgIpc) is 2.39. The maximum absolute atomic E-state index is 12.2. The van der Waals surface area contributed by atoms with E-state index in [2.05, 4.69) is 0 Å². The lowest BCUT2D eigenvalue weighted by atomic mass is 10.2. The maximum atomic E-state index is 12.2. The molecule has 2 aromatic rings. The van der Waals surface area contributed by atoms with E-state index in [-0.39, 0.29) is 5.78 Å². The number of benzene rings is 2. The third-order valence-corrected chi connectivity index (χ3v) is 3.83. The molecule has 2 rings (SSSR count). The molecule has 0 saturated carbocycles. The predicted octanol–water partition coefficient (Wildman–Crippen LogP) is 3.06. The summed E-state index contributed by atoms with van der Waals surface area (Å²) in [5.74, 6) is 0.0158. The summed E-state index contributed by atoms with van der Waals surface area (Å²) >= 11 is 0. The molecule has 3 heteroatoms. The van der Waals surface area contributed by atoms with Crippen LogP contribution >= 0.6 is 0 Å². The van der Waals surface area contributed by atoms with Crippen LogP contribution in [0.3, 0.4) is 0 Å². The van der Waals surface area contributed by atoms with Gasteiger partial charge >= 0.3 is 0 Å². The Morgan fingerprint density at radius 2 is 1.41 bits per heavy atom. The Kier molecular flexibility index (Phi) is 3.49. The minimum Gasteiger partial charge on any atom is -0.295 e. The highest BCUT2D eigenvalue weighted by atomic mass is 32.2. The summed E-state index contributed by atoms with van der Waals surface area (Å²) in [5.41, 5.74) is 0.638. The van der Waals surface area contributed by atoms with E-state index < -0.39 is 10.8 Å². The number of carbonyl (C=O) groups is 1. The molecule has 0 saturated heterocycles. The first-order valence-corrected chi connectivity index (χ1v) is 6.41. The molecule has 0 aromatic heterocycles. The van der Waals surface area contributed by atoms with Crippen molar-refractivity contribution in [2.24, 2.45) is 0 Å². The Balaban J connectivity index is 2.30. The molecule has 0 bridgehead atoms. The number of ketones is 1. The number of rotatable bonds is 3. The molecule has 0 amide bonds. The molecule has 0 aliphatic rings. The molecule has 0 aliphatic heterocycles. The Morgan fingerprint density at radius 1 is 0.882 bits per heavy atom. The summed E-state index contributed by atoms with van der Waals surface area (Å²) in [4.78, 5) is 12.6. The van der Waals surface area contributed by atoms with Crippen LogP contribution in [0.4, 0.5) is 0 Å². The van der Waals surface area contributed by atoms with Crippen LogP contribution in [0.25, 0.3) is 0 Å². The second kappa shape index (κ2) is 5.06. The standard InChI is InChI=1S/C14H12O2S/c1-11(15)12-7-9-14(10-8-12)17(16)13-5-3-2-4-6-13/h2-10H,1H3/t17-/m0/s1. The summed E-state index contributed by atoms with van der Waals surface area (Å²) < 4.78 is 12.2. The molecule has 0 radical (unpaired) electrons. The van der Waals surface area contributed by atoms with Crippen LogP contribution in [0.15, 0.2) is 64.4 Å².